The molecule has 1 heterocycles. The summed E-state index contributed by atoms with van der Waals surface area (Å²) in [5.41, 5.74) is 0.575. The molecule has 0 spiro atoms. The van der Waals surface area contributed by atoms with Gasteiger partial charge in [0.1, 0.15) is 5.82 Å². The fourth-order valence-corrected chi connectivity index (χ4v) is 4.50. The summed E-state index contributed by atoms with van der Waals surface area (Å²) < 4.78 is 39.5. The molecule has 0 saturated carbocycles. The quantitative estimate of drug-likeness (QED) is 0.693. The van der Waals surface area contributed by atoms with E-state index in [-0.39, 0.29) is 55.6 Å². The summed E-state index contributed by atoms with van der Waals surface area (Å²) in [4.78, 5) is 26.1. The molecule has 2 aromatic carbocycles. The summed E-state index contributed by atoms with van der Waals surface area (Å²) in [6.45, 7) is 0.855. The molecule has 6 nitrogen and oxygen atoms in total. The summed E-state index contributed by atoms with van der Waals surface area (Å²) in [7, 11) is -3.72. The van der Waals surface area contributed by atoms with Crippen molar-refractivity contribution in [3.8, 4) is 0 Å². The zero-order chi connectivity index (χ0) is 20.1. The maximum atomic E-state index is 13.0. The third-order valence-electron chi connectivity index (χ3n) is 4.70. The lowest BCUT2D eigenvalue weighted by Crippen LogP contribution is -2.50. The Morgan fingerprint density at radius 3 is 2.07 bits per heavy atom. The van der Waals surface area contributed by atoms with Gasteiger partial charge in [0.15, 0.2) is 5.78 Å². The predicted octanol–water partition coefficient (Wildman–Crippen LogP) is 2.32. The highest BCUT2D eigenvalue weighted by Gasteiger charge is 2.30. The van der Waals surface area contributed by atoms with E-state index in [4.69, 9.17) is 0 Å². The first-order valence-corrected chi connectivity index (χ1v) is 10.4. The summed E-state index contributed by atoms with van der Waals surface area (Å²) in [5, 5.41) is 0. The molecule has 2 aromatic rings. The molecule has 0 bridgehead atoms. The number of hydrogen-bond acceptors (Lipinski definition) is 4. The van der Waals surface area contributed by atoms with Crippen LogP contribution in [0.2, 0.25) is 0 Å². The van der Waals surface area contributed by atoms with Crippen LogP contribution >= 0.6 is 0 Å². The third kappa shape index (κ3) is 4.63. The minimum atomic E-state index is -3.72. The standard InChI is InChI=1S/C20H21FN2O4S/c21-17-6-8-18(9-7-17)28(26,27)23-14-12-22(13-15-23)20(25)11-10-19(24)16-4-2-1-3-5-16/h1-9H,10-15H2. The second kappa shape index (κ2) is 8.62. The van der Waals surface area contributed by atoms with Crippen LogP contribution in [0.25, 0.3) is 0 Å². The van der Waals surface area contributed by atoms with E-state index in [9.17, 15) is 22.4 Å². The molecule has 28 heavy (non-hydrogen) atoms. The zero-order valence-electron chi connectivity index (χ0n) is 15.3. The summed E-state index contributed by atoms with van der Waals surface area (Å²) in [5.74, 6) is -0.756. The van der Waals surface area contributed by atoms with Gasteiger partial charge < -0.3 is 4.90 Å². The lowest BCUT2D eigenvalue weighted by atomic mass is 10.1. The van der Waals surface area contributed by atoms with Crippen LogP contribution in [-0.4, -0.2) is 55.5 Å². The van der Waals surface area contributed by atoms with Crippen LogP contribution in [0, 0.1) is 5.82 Å². The van der Waals surface area contributed by atoms with Gasteiger partial charge in [-0.15, -0.1) is 0 Å². The normalized spacial score (nSPS) is 15.4. The number of amides is 1. The maximum Gasteiger partial charge on any atom is 0.243 e. The largest absolute Gasteiger partial charge is 0.340 e. The number of carbonyl (C=O) groups excluding carboxylic acids is 2. The van der Waals surface area contributed by atoms with E-state index in [1.807, 2.05) is 6.07 Å². The minimum Gasteiger partial charge on any atom is -0.340 e. The number of hydrogen-bond donors (Lipinski definition) is 0. The Bertz CT molecular complexity index is 938. The van der Waals surface area contributed by atoms with E-state index in [0.29, 0.717) is 5.56 Å². The van der Waals surface area contributed by atoms with Gasteiger partial charge in [-0.2, -0.15) is 4.31 Å². The van der Waals surface area contributed by atoms with Gasteiger partial charge >= 0.3 is 0 Å². The number of nitrogens with zero attached hydrogens (tertiary/aromatic N) is 2. The molecular formula is C20H21FN2O4S. The highest BCUT2D eigenvalue weighted by Crippen LogP contribution is 2.18. The molecule has 0 aromatic heterocycles. The Morgan fingerprint density at radius 2 is 1.46 bits per heavy atom. The topological polar surface area (TPSA) is 74.8 Å². The molecular weight excluding hydrogens is 383 g/mol. The van der Waals surface area contributed by atoms with Gasteiger partial charge in [0.05, 0.1) is 4.90 Å². The number of piperazine rings is 1. The third-order valence-corrected chi connectivity index (χ3v) is 6.62. The number of ketones is 1. The summed E-state index contributed by atoms with van der Waals surface area (Å²) in [6, 6.07) is 13.5. The Balaban J connectivity index is 1.52. The van der Waals surface area contributed by atoms with E-state index >= 15 is 0 Å². The Labute approximate surface area is 163 Å². The van der Waals surface area contributed by atoms with Crippen molar-refractivity contribution in [2.75, 3.05) is 26.2 Å². The fourth-order valence-electron chi connectivity index (χ4n) is 3.08. The Kier molecular flexibility index (Phi) is 6.21. The SMILES string of the molecule is O=C(CCC(=O)N1CCN(S(=O)(=O)c2ccc(F)cc2)CC1)c1ccccc1. The molecule has 1 aliphatic rings. The first-order valence-electron chi connectivity index (χ1n) is 8.99. The van der Waals surface area contributed by atoms with E-state index in [0.717, 1.165) is 12.1 Å². The smallest absolute Gasteiger partial charge is 0.243 e. The van der Waals surface area contributed by atoms with Gasteiger partial charge in [-0.05, 0) is 24.3 Å². The van der Waals surface area contributed by atoms with Gasteiger partial charge in [-0.1, -0.05) is 30.3 Å². The van der Waals surface area contributed by atoms with Crippen LogP contribution in [-0.2, 0) is 14.8 Å². The van der Waals surface area contributed by atoms with Gasteiger partial charge in [0.25, 0.3) is 0 Å². The second-order valence-corrected chi connectivity index (χ2v) is 8.47. The molecule has 3 rings (SSSR count). The second-order valence-electron chi connectivity index (χ2n) is 6.53. The molecule has 0 atom stereocenters. The molecule has 0 N–H and O–H groups in total. The van der Waals surface area contributed by atoms with Gasteiger partial charge in [-0.25, -0.2) is 12.8 Å². The first-order chi connectivity index (χ1) is 13.4. The van der Waals surface area contributed by atoms with E-state index in [2.05, 4.69) is 0 Å². The van der Waals surface area contributed by atoms with Crippen molar-refractivity contribution in [2.45, 2.75) is 17.7 Å². The van der Waals surface area contributed by atoms with Crippen LogP contribution in [0.15, 0.2) is 59.5 Å². The number of sulfonamides is 1. The number of benzene rings is 2. The lowest BCUT2D eigenvalue weighted by Gasteiger charge is -2.34. The van der Waals surface area contributed by atoms with Crippen molar-refractivity contribution in [1.29, 1.82) is 0 Å². The molecule has 0 aliphatic carbocycles. The molecule has 1 saturated heterocycles. The minimum absolute atomic E-state index is 0.0298. The predicted molar refractivity (Wildman–Crippen MR) is 102 cm³/mol. The van der Waals surface area contributed by atoms with Crippen molar-refractivity contribution < 1.29 is 22.4 Å². The maximum absolute atomic E-state index is 13.0. The monoisotopic (exact) mass is 404 g/mol. The molecule has 0 unspecified atom stereocenters. The van der Waals surface area contributed by atoms with Crippen LogP contribution in [0.3, 0.4) is 0 Å². The summed E-state index contributed by atoms with van der Waals surface area (Å²) in [6.07, 6.45) is 0.218. The van der Waals surface area contributed by atoms with Crippen LogP contribution in [0.1, 0.15) is 23.2 Å². The van der Waals surface area contributed by atoms with Crippen LogP contribution in [0.4, 0.5) is 4.39 Å². The first kappa shape index (κ1) is 20.2. The number of rotatable bonds is 6. The van der Waals surface area contributed by atoms with Crippen LogP contribution in [0.5, 0.6) is 0 Å². The zero-order valence-corrected chi connectivity index (χ0v) is 16.1. The molecule has 8 heteroatoms. The lowest BCUT2D eigenvalue weighted by molar-refractivity contribution is -0.132. The van der Waals surface area contributed by atoms with Crippen molar-refractivity contribution in [1.82, 2.24) is 9.21 Å². The van der Waals surface area contributed by atoms with Gasteiger partial charge in [-0.3, -0.25) is 9.59 Å². The fraction of sp³-hybridized carbons (Fsp3) is 0.300. The Morgan fingerprint density at radius 1 is 0.857 bits per heavy atom. The molecule has 1 fully saturated rings. The Hall–Kier alpha value is -2.58. The van der Waals surface area contributed by atoms with Gasteiger partial charge in [0.2, 0.25) is 15.9 Å². The number of halogens is 1. The molecule has 1 aliphatic heterocycles. The van der Waals surface area contributed by atoms with E-state index in [1.165, 1.54) is 16.4 Å². The highest BCUT2D eigenvalue weighted by molar-refractivity contribution is 7.89. The van der Waals surface area contributed by atoms with Crippen LogP contribution < -0.4 is 0 Å². The van der Waals surface area contributed by atoms with Crippen molar-refractivity contribution in [3.63, 3.8) is 0 Å². The average Bonchev–Trinajstić information content (AvgIpc) is 2.73. The van der Waals surface area contributed by atoms with Crippen molar-refractivity contribution in [2.24, 2.45) is 0 Å². The van der Waals surface area contributed by atoms with Crippen molar-refractivity contribution >= 4 is 21.7 Å². The average molecular weight is 404 g/mol. The van der Waals surface area contributed by atoms with Crippen molar-refractivity contribution in [3.05, 3.63) is 66.0 Å². The number of carbonyl (C=O) groups is 2. The number of Topliss-reactive ketones (excluding diaryl/α,β-unsaturated/α-hetero) is 1. The highest BCUT2D eigenvalue weighted by atomic mass is 32.2. The molecule has 0 radical (unpaired) electrons. The van der Waals surface area contributed by atoms with Gasteiger partial charge in [0, 0.05) is 44.6 Å². The molecule has 148 valence electrons. The molecule has 1 amide bonds. The summed E-state index contributed by atoms with van der Waals surface area (Å²) >= 11 is 0. The van der Waals surface area contributed by atoms with E-state index < -0.39 is 15.8 Å². The van der Waals surface area contributed by atoms with E-state index in [1.54, 1.807) is 29.2 Å².